The van der Waals surface area contributed by atoms with Gasteiger partial charge in [-0.3, -0.25) is 4.90 Å². The van der Waals surface area contributed by atoms with E-state index in [1.807, 2.05) is 0 Å². The van der Waals surface area contributed by atoms with Gasteiger partial charge in [0.2, 0.25) is 0 Å². The van der Waals surface area contributed by atoms with Gasteiger partial charge >= 0.3 is 24.6 Å². The Hall–Kier alpha value is -2.96. The van der Waals surface area contributed by atoms with Gasteiger partial charge in [0.1, 0.15) is 0 Å². The van der Waals surface area contributed by atoms with Gasteiger partial charge in [-0.15, -0.1) is 0 Å². The van der Waals surface area contributed by atoms with E-state index in [-0.39, 0.29) is 30.2 Å². The van der Waals surface area contributed by atoms with E-state index in [0.29, 0.717) is 12.1 Å². The van der Waals surface area contributed by atoms with Crippen LogP contribution in [0.4, 0.5) is 50.0 Å². The monoisotopic (exact) mass is 556 g/mol. The van der Waals surface area contributed by atoms with Crippen LogP contribution in [0.3, 0.4) is 0 Å². The lowest BCUT2D eigenvalue weighted by molar-refractivity contribution is -0.143. The van der Waals surface area contributed by atoms with E-state index in [2.05, 4.69) is 0 Å². The van der Waals surface area contributed by atoms with Gasteiger partial charge in [0.25, 0.3) is 0 Å². The molecule has 13 heteroatoms. The molecule has 2 N–H and O–H groups in total. The van der Waals surface area contributed by atoms with Crippen molar-refractivity contribution in [3.05, 3.63) is 64.2 Å². The maximum atomic E-state index is 13.6. The Morgan fingerprint density at radius 3 is 1.89 bits per heavy atom. The van der Waals surface area contributed by atoms with E-state index in [0.717, 1.165) is 23.1 Å². The van der Waals surface area contributed by atoms with Gasteiger partial charge in [0.15, 0.2) is 0 Å². The first-order valence-corrected chi connectivity index (χ1v) is 11.6. The van der Waals surface area contributed by atoms with Crippen LogP contribution in [-0.2, 0) is 23.3 Å². The fourth-order valence-electron chi connectivity index (χ4n) is 4.57. The molecular formula is C25H25F9N2O2. The minimum absolute atomic E-state index is 0.00905. The smallest absolute Gasteiger partial charge is 0.416 e. The number of hydrogen-bond acceptors (Lipinski definition) is 3. The van der Waals surface area contributed by atoms with Crippen LogP contribution in [0, 0.1) is 0 Å². The molecule has 0 aromatic heterocycles. The lowest BCUT2D eigenvalue weighted by Gasteiger charge is -2.42. The molecule has 1 heterocycles. The largest absolute Gasteiger partial charge is 0.446 e. The lowest BCUT2D eigenvalue weighted by atomic mass is 9.77. The Morgan fingerprint density at radius 2 is 1.45 bits per heavy atom. The second kappa shape index (κ2) is 10.3. The third-order valence-corrected chi connectivity index (χ3v) is 6.34. The SMILES string of the molecule is CCC1CC([C@H](N)c2cc(C(F)(F)F)cc(C(F)(F)F)c2)c2cc(C(F)(F)F)ccc2N1C(=O)OC(C)C. The van der Waals surface area contributed by atoms with Crippen molar-refractivity contribution in [2.75, 3.05) is 4.90 Å². The van der Waals surface area contributed by atoms with E-state index < -0.39 is 71.0 Å². The Balaban J connectivity index is 2.22. The predicted octanol–water partition coefficient (Wildman–Crippen LogP) is 8.06. The summed E-state index contributed by atoms with van der Waals surface area (Å²) >= 11 is 0. The molecule has 210 valence electrons. The standard InChI is InChI=1S/C25H25F9N2O2/c1-4-17-11-19(21(35)13-7-15(24(29,30)31)9-16(8-13)25(32,33)34)18-10-14(23(26,27)28)5-6-20(18)36(17)22(37)38-12(2)3/h5-10,12,17,19,21H,4,11,35H2,1-3H3/t17?,19?,21-/m1/s1. The summed E-state index contributed by atoms with van der Waals surface area (Å²) in [6.45, 7) is 4.81. The van der Waals surface area contributed by atoms with E-state index >= 15 is 0 Å². The molecule has 0 saturated carbocycles. The van der Waals surface area contributed by atoms with Crippen LogP contribution in [0.25, 0.3) is 0 Å². The van der Waals surface area contributed by atoms with Crippen molar-refractivity contribution in [2.45, 2.75) is 76.2 Å². The van der Waals surface area contributed by atoms with Crippen LogP contribution in [-0.4, -0.2) is 18.2 Å². The fourth-order valence-corrected chi connectivity index (χ4v) is 4.57. The number of alkyl halides is 9. The first-order chi connectivity index (χ1) is 17.3. The average molecular weight is 556 g/mol. The van der Waals surface area contributed by atoms with Crippen LogP contribution in [0.15, 0.2) is 36.4 Å². The molecule has 0 spiro atoms. The number of fused-ring (bicyclic) bond motifs is 1. The van der Waals surface area contributed by atoms with Gasteiger partial charge in [0, 0.05) is 18.0 Å². The summed E-state index contributed by atoms with van der Waals surface area (Å²) in [7, 11) is 0. The quantitative estimate of drug-likeness (QED) is 0.388. The highest BCUT2D eigenvalue weighted by atomic mass is 19.4. The third-order valence-electron chi connectivity index (χ3n) is 6.34. The number of amides is 1. The highest BCUT2D eigenvalue weighted by molar-refractivity contribution is 5.90. The first kappa shape index (κ1) is 29.6. The molecule has 1 aliphatic heterocycles. The van der Waals surface area contributed by atoms with Gasteiger partial charge in [-0.05, 0) is 74.2 Å². The zero-order chi connectivity index (χ0) is 28.8. The predicted molar refractivity (Wildman–Crippen MR) is 120 cm³/mol. The molecule has 0 radical (unpaired) electrons. The van der Waals surface area contributed by atoms with Gasteiger partial charge < -0.3 is 10.5 Å². The Labute approximate surface area is 212 Å². The molecule has 1 amide bonds. The van der Waals surface area contributed by atoms with Gasteiger partial charge in [-0.25, -0.2) is 4.79 Å². The fraction of sp³-hybridized carbons (Fsp3) is 0.480. The second-order valence-corrected chi connectivity index (χ2v) is 9.34. The zero-order valence-corrected chi connectivity index (χ0v) is 20.4. The van der Waals surface area contributed by atoms with Crippen LogP contribution >= 0.6 is 0 Å². The third kappa shape index (κ3) is 6.19. The summed E-state index contributed by atoms with van der Waals surface area (Å²) in [5.41, 5.74) is 1.25. The molecule has 2 aromatic carbocycles. The van der Waals surface area contributed by atoms with Crippen molar-refractivity contribution in [1.82, 2.24) is 0 Å². The number of ether oxygens (including phenoxy) is 1. The molecule has 2 aromatic rings. The van der Waals surface area contributed by atoms with Crippen molar-refractivity contribution in [1.29, 1.82) is 0 Å². The summed E-state index contributed by atoms with van der Waals surface area (Å²) in [4.78, 5) is 14.0. The average Bonchev–Trinajstić information content (AvgIpc) is 2.79. The number of anilines is 1. The topological polar surface area (TPSA) is 55.6 Å². The molecule has 0 saturated heterocycles. The number of nitrogens with two attached hydrogens (primary N) is 1. The number of hydrogen-bond donors (Lipinski definition) is 1. The molecular weight excluding hydrogens is 531 g/mol. The summed E-state index contributed by atoms with van der Waals surface area (Å²) in [6, 6.07) is 1.12. The lowest BCUT2D eigenvalue weighted by Crippen LogP contribution is -2.47. The summed E-state index contributed by atoms with van der Waals surface area (Å²) in [5.74, 6) is -1.15. The molecule has 0 bridgehead atoms. The van der Waals surface area contributed by atoms with Crippen molar-refractivity contribution in [2.24, 2.45) is 5.73 Å². The molecule has 1 aliphatic rings. The summed E-state index contributed by atoms with van der Waals surface area (Å²) in [6.07, 6.45) is -16.4. The van der Waals surface area contributed by atoms with E-state index in [9.17, 15) is 44.3 Å². The molecule has 4 nitrogen and oxygen atoms in total. The van der Waals surface area contributed by atoms with Crippen LogP contribution < -0.4 is 10.6 Å². The zero-order valence-electron chi connectivity index (χ0n) is 20.4. The van der Waals surface area contributed by atoms with E-state index in [1.165, 1.54) is 0 Å². The Kier molecular flexibility index (Phi) is 8.03. The van der Waals surface area contributed by atoms with Gasteiger partial charge in [-0.1, -0.05) is 6.92 Å². The number of benzene rings is 2. The number of halogens is 9. The van der Waals surface area contributed by atoms with Crippen LogP contribution in [0.1, 0.15) is 73.4 Å². The van der Waals surface area contributed by atoms with E-state index in [1.54, 1.807) is 20.8 Å². The second-order valence-electron chi connectivity index (χ2n) is 9.34. The Morgan fingerprint density at radius 1 is 0.921 bits per heavy atom. The van der Waals surface area contributed by atoms with Crippen LogP contribution in [0.2, 0.25) is 0 Å². The highest BCUT2D eigenvalue weighted by Crippen LogP contribution is 2.48. The maximum Gasteiger partial charge on any atom is 0.416 e. The summed E-state index contributed by atoms with van der Waals surface area (Å²) in [5, 5.41) is 0. The van der Waals surface area contributed by atoms with Gasteiger partial charge in [-0.2, -0.15) is 39.5 Å². The van der Waals surface area contributed by atoms with Crippen LogP contribution in [0.5, 0.6) is 0 Å². The van der Waals surface area contributed by atoms with E-state index in [4.69, 9.17) is 10.5 Å². The van der Waals surface area contributed by atoms with Crippen molar-refractivity contribution in [3.8, 4) is 0 Å². The number of carbonyl (C=O) groups is 1. The summed E-state index contributed by atoms with van der Waals surface area (Å²) < 4.78 is 127. The Bertz CT molecular complexity index is 1140. The molecule has 2 unspecified atom stereocenters. The minimum atomic E-state index is -5.13. The van der Waals surface area contributed by atoms with Crippen molar-refractivity contribution < 1.29 is 49.0 Å². The molecule has 0 fully saturated rings. The molecule has 3 rings (SSSR count). The molecule has 3 atom stereocenters. The number of carbonyl (C=O) groups excluding carboxylic acids is 1. The van der Waals surface area contributed by atoms with Crippen molar-refractivity contribution >= 4 is 11.8 Å². The number of nitrogens with zero attached hydrogens (tertiary/aromatic N) is 1. The maximum absolute atomic E-state index is 13.6. The number of rotatable bonds is 4. The van der Waals surface area contributed by atoms with Gasteiger partial charge in [0.05, 0.1) is 28.5 Å². The molecule has 0 aliphatic carbocycles. The molecule has 38 heavy (non-hydrogen) atoms. The minimum Gasteiger partial charge on any atom is -0.446 e. The first-order valence-electron chi connectivity index (χ1n) is 11.6. The normalized spacial score (nSPS) is 19.4. The van der Waals surface area contributed by atoms with Crippen molar-refractivity contribution in [3.63, 3.8) is 0 Å². The highest BCUT2D eigenvalue weighted by Gasteiger charge is 2.43.